The molecule has 12 heavy (non-hydrogen) atoms. The molecule has 0 spiro atoms. The predicted molar refractivity (Wildman–Crippen MR) is 54.8 cm³/mol. The molecule has 0 aliphatic heterocycles. The Morgan fingerprint density at radius 2 is 2.17 bits per heavy atom. The van der Waals surface area contributed by atoms with Crippen LogP contribution in [0.25, 0.3) is 0 Å². The summed E-state index contributed by atoms with van der Waals surface area (Å²) in [6.45, 7) is 0. The quantitative estimate of drug-likeness (QED) is 0.575. The molecule has 1 atom stereocenters. The zero-order valence-corrected chi connectivity index (χ0v) is 11.1. The molecule has 0 aromatic rings. The Hall–Kier alpha value is 0.279. The van der Waals surface area contributed by atoms with Crippen LogP contribution in [0.15, 0.2) is 15.4 Å². The predicted octanol–water partition coefficient (Wildman–Crippen LogP) is 2.49. The van der Waals surface area contributed by atoms with Gasteiger partial charge in [-0.1, -0.05) is 0 Å². The standard InChI is InChI=1S/C7H9O.3CH3.Sn/c1-2-6-4-3-5-7(6)8;;;;/h1,7-8H,3-5H2;3*1H3;/t2?,7-;;;;/m0..../s1. The van der Waals surface area contributed by atoms with Gasteiger partial charge >= 0.3 is 79.1 Å². The zero-order chi connectivity index (χ0) is 9.19. The average Bonchev–Trinajstić information content (AvgIpc) is 2.29. The molecule has 0 heterocycles. The molecule has 0 unspecified atom stereocenters. The third-order valence-corrected chi connectivity index (χ3v) is 4.90. The van der Waals surface area contributed by atoms with Crippen LogP contribution >= 0.6 is 0 Å². The first-order valence-electron chi connectivity index (χ1n) is 4.64. The molecule has 0 radical (unpaired) electrons. The van der Waals surface area contributed by atoms with Crippen molar-refractivity contribution in [1.29, 1.82) is 0 Å². The summed E-state index contributed by atoms with van der Waals surface area (Å²) in [6, 6.07) is 0. The third-order valence-electron chi connectivity index (χ3n) is 2.02. The van der Waals surface area contributed by atoms with Crippen molar-refractivity contribution in [3.63, 3.8) is 0 Å². The van der Waals surface area contributed by atoms with E-state index in [2.05, 4.69) is 24.6 Å². The Labute approximate surface area is 79.1 Å². The number of hydrogen-bond donors (Lipinski definition) is 1. The molecule has 0 amide bonds. The van der Waals surface area contributed by atoms with Gasteiger partial charge in [-0.25, -0.2) is 0 Å². The first-order valence-corrected chi connectivity index (χ1v) is 14.8. The van der Waals surface area contributed by atoms with Crippen LogP contribution in [0.4, 0.5) is 0 Å². The Bertz CT molecular complexity index is 218. The van der Waals surface area contributed by atoms with Crippen molar-refractivity contribution in [2.45, 2.75) is 40.2 Å². The molecule has 1 aliphatic carbocycles. The second kappa shape index (κ2) is 3.99. The summed E-state index contributed by atoms with van der Waals surface area (Å²) in [5, 5.41) is 9.49. The Balaban J connectivity index is 2.74. The molecule has 0 aromatic carbocycles. The van der Waals surface area contributed by atoms with Crippen molar-refractivity contribution >= 4 is 18.4 Å². The van der Waals surface area contributed by atoms with Crippen LogP contribution in [0.1, 0.15) is 19.3 Å². The van der Waals surface area contributed by atoms with Crippen molar-refractivity contribution in [3.8, 4) is 0 Å². The minimum atomic E-state index is -1.79. The summed E-state index contributed by atoms with van der Waals surface area (Å²) >= 11 is -1.79. The first-order chi connectivity index (χ1) is 5.49. The van der Waals surface area contributed by atoms with Gasteiger partial charge in [-0.05, 0) is 0 Å². The number of aliphatic hydroxyl groups is 1. The fourth-order valence-electron chi connectivity index (χ4n) is 1.30. The normalized spacial score (nSPS) is 24.0. The van der Waals surface area contributed by atoms with Crippen molar-refractivity contribution in [2.75, 3.05) is 0 Å². The van der Waals surface area contributed by atoms with E-state index in [-0.39, 0.29) is 6.10 Å². The summed E-state index contributed by atoms with van der Waals surface area (Å²) in [4.78, 5) is 7.05. The van der Waals surface area contributed by atoms with Gasteiger partial charge in [0.15, 0.2) is 0 Å². The van der Waals surface area contributed by atoms with Crippen LogP contribution in [-0.4, -0.2) is 29.6 Å². The molecular weight excluding hydrogens is 255 g/mol. The van der Waals surface area contributed by atoms with Crippen molar-refractivity contribution < 1.29 is 5.11 Å². The topological polar surface area (TPSA) is 20.2 Å². The second-order valence-electron chi connectivity index (χ2n) is 4.59. The van der Waals surface area contributed by atoms with E-state index in [1.165, 1.54) is 0 Å². The molecular formula is C10H18OSn. The number of hydrogen-bond acceptors (Lipinski definition) is 1. The maximum absolute atomic E-state index is 9.49. The summed E-state index contributed by atoms with van der Waals surface area (Å²) in [6.07, 6.45) is 2.95. The van der Waals surface area contributed by atoms with Crippen LogP contribution < -0.4 is 0 Å². The van der Waals surface area contributed by atoms with Gasteiger partial charge in [0, 0.05) is 0 Å². The number of rotatable bonds is 1. The molecule has 68 valence electrons. The van der Waals surface area contributed by atoms with Gasteiger partial charge in [0.2, 0.25) is 0 Å². The van der Waals surface area contributed by atoms with E-state index in [0.717, 1.165) is 24.8 Å². The molecule has 1 nitrogen and oxygen atoms in total. The van der Waals surface area contributed by atoms with Gasteiger partial charge in [-0.2, -0.15) is 0 Å². The molecule has 2 heteroatoms. The second-order valence-corrected chi connectivity index (χ2v) is 18.9. The maximum atomic E-state index is 9.49. The summed E-state index contributed by atoms with van der Waals surface area (Å²) in [7, 11) is 0. The summed E-state index contributed by atoms with van der Waals surface area (Å²) < 4.78 is 2.26. The minimum absolute atomic E-state index is 0.185. The van der Waals surface area contributed by atoms with Gasteiger partial charge in [0.1, 0.15) is 0 Å². The van der Waals surface area contributed by atoms with Crippen LogP contribution in [0, 0.1) is 0 Å². The average molecular weight is 273 g/mol. The fourth-order valence-corrected chi connectivity index (χ4v) is 3.07. The summed E-state index contributed by atoms with van der Waals surface area (Å²) in [5.41, 5.74) is 4.45. The fraction of sp³-hybridized carbons (Fsp3) is 0.700. The van der Waals surface area contributed by atoms with Crippen molar-refractivity contribution in [1.82, 2.24) is 0 Å². The van der Waals surface area contributed by atoms with Crippen LogP contribution in [0.2, 0.25) is 14.8 Å². The van der Waals surface area contributed by atoms with Gasteiger partial charge in [0.25, 0.3) is 0 Å². The van der Waals surface area contributed by atoms with E-state index < -0.39 is 18.4 Å². The Morgan fingerprint density at radius 3 is 2.58 bits per heavy atom. The third kappa shape index (κ3) is 3.34. The van der Waals surface area contributed by atoms with Gasteiger partial charge in [-0.3, -0.25) is 0 Å². The van der Waals surface area contributed by atoms with E-state index in [9.17, 15) is 5.11 Å². The van der Waals surface area contributed by atoms with Crippen LogP contribution in [0.5, 0.6) is 0 Å². The molecule has 1 N–H and O–H groups in total. The first kappa shape index (κ1) is 10.4. The molecule has 1 aliphatic rings. The van der Waals surface area contributed by atoms with Gasteiger partial charge < -0.3 is 0 Å². The van der Waals surface area contributed by atoms with Gasteiger partial charge in [0.05, 0.1) is 0 Å². The van der Waals surface area contributed by atoms with E-state index in [1.54, 1.807) is 0 Å². The van der Waals surface area contributed by atoms with E-state index in [1.807, 2.05) is 0 Å². The zero-order valence-electron chi connectivity index (χ0n) is 8.22. The number of aliphatic hydroxyl groups excluding tert-OH is 1. The monoisotopic (exact) mass is 274 g/mol. The molecule has 1 rings (SSSR count). The molecule has 0 aromatic heterocycles. The Morgan fingerprint density at radius 1 is 1.50 bits per heavy atom. The van der Waals surface area contributed by atoms with Crippen molar-refractivity contribution in [3.05, 3.63) is 15.4 Å². The molecule has 1 fully saturated rings. The van der Waals surface area contributed by atoms with Gasteiger partial charge in [-0.15, -0.1) is 0 Å². The van der Waals surface area contributed by atoms with Crippen LogP contribution in [0.3, 0.4) is 0 Å². The van der Waals surface area contributed by atoms with Crippen molar-refractivity contribution in [2.24, 2.45) is 0 Å². The van der Waals surface area contributed by atoms with Crippen LogP contribution in [-0.2, 0) is 0 Å². The van der Waals surface area contributed by atoms with E-state index in [4.69, 9.17) is 0 Å². The molecule has 0 bridgehead atoms. The summed E-state index contributed by atoms with van der Waals surface area (Å²) in [5.74, 6) is 0. The van der Waals surface area contributed by atoms with E-state index in [0.29, 0.717) is 0 Å². The molecule has 0 saturated heterocycles. The molecule has 1 saturated carbocycles. The SMILES string of the molecule is [CH3][Sn]([CH3])([CH3])[CH]=C=C1CCC[C@@H]1O. The Kier molecular flexibility index (Phi) is 3.45. The van der Waals surface area contributed by atoms with E-state index >= 15 is 0 Å².